The van der Waals surface area contributed by atoms with E-state index in [2.05, 4.69) is 32.3 Å². The van der Waals surface area contributed by atoms with Crippen LogP contribution < -0.4 is 11.1 Å². The van der Waals surface area contributed by atoms with Crippen molar-refractivity contribution in [1.29, 1.82) is 10.5 Å². The van der Waals surface area contributed by atoms with Crippen LogP contribution in [0, 0.1) is 36.5 Å². The van der Waals surface area contributed by atoms with Crippen LogP contribution in [-0.4, -0.2) is 9.97 Å². The largest absolute Gasteiger partial charge is 0.383 e. The number of nitriles is 2. The van der Waals surface area contributed by atoms with Crippen LogP contribution in [0.2, 0.25) is 0 Å². The molecule has 0 saturated carbocycles. The summed E-state index contributed by atoms with van der Waals surface area (Å²) in [6.45, 7) is 4.08. The third-order valence-electron chi connectivity index (χ3n) is 5.24. The van der Waals surface area contributed by atoms with Gasteiger partial charge in [-0.1, -0.05) is 28.1 Å². The molecular weight excluding hydrogens is 476 g/mol. The predicted molar refractivity (Wildman–Crippen MR) is 136 cm³/mol. The highest BCUT2D eigenvalue weighted by Gasteiger charge is 2.16. The third-order valence-corrected chi connectivity index (χ3v) is 5.70. The lowest BCUT2D eigenvalue weighted by Crippen LogP contribution is -2.03. The van der Waals surface area contributed by atoms with Crippen molar-refractivity contribution in [2.24, 2.45) is 0 Å². The van der Waals surface area contributed by atoms with Crippen LogP contribution in [0.25, 0.3) is 28.1 Å². The zero-order valence-electron chi connectivity index (χ0n) is 18.0. The molecule has 6 nitrogen and oxygen atoms in total. The van der Waals surface area contributed by atoms with Gasteiger partial charge in [-0.25, -0.2) is 4.98 Å². The predicted octanol–water partition coefficient (Wildman–Crippen LogP) is 6.41. The minimum absolute atomic E-state index is 0.363. The SMILES string of the molecule is Cc1cc(C=CC#N)cc(C)c1-c1cc(Br)cc2c(N)nc(Nc3ccc(C#N)cc3)nc12. The average molecular weight is 495 g/mol. The summed E-state index contributed by atoms with van der Waals surface area (Å²) in [6, 6.07) is 19.2. The summed E-state index contributed by atoms with van der Waals surface area (Å²) >= 11 is 3.60. The second kappa shape index (κ2) is 9.12. The minimum atomic E-state index is 0.363. The maximum absolute atomic E-state index is 9.01. The van der Waals surface area contributed by atoms with Gasteiger partial charge >= 0.3 is 0 Å². The van der Waals surface area contributed by atoms with E-state index in [9.17, 15) is 0 Å². The van der Waals surface area contributed by atoms with Gasteiger partial charge in [0.2, 0.25) is 5.95 Å². The van der Waals surface area contributed by atoms with Crippen LogP contribution in [0.15, 0.2) is 59.1 Å². The van der Waals surface area contributed by atoms with Crippen LogP contribution >= 0.6 is 15.9 Å². The number of hydrogen-bond acceptors (Lipinski definition) is 6. The second-order valence-corrected chi connectivity index (χ2v) is 8.50. The van der Waals surface area contributed by atoms with Crippen LogP contribution in [0.4, 0.5) is 17.5 Å². The van der Waals surface area contributed by atoms with Gasteiger partial charge < -0.3 is 11.1 Å². The molecule has 0 spiro atoms. The topological polar surface area (TPSA) is 111 Å². The summed E-state index contributed by atoms with van der Waals surface area (Å²) in [4.78, 5) is 9.24. The molecule has 0 aliphatic carbocycles. The number of nitrogens with two attached hydrogens (primary N) is 1. The molecule has 33 heavy (non-hydrogen) atoms. The number of halogens is 1. The van der Waals surface area contributed by atoms with Crippen molar-refractivity contribution >= 4 is 50.4 Å². The molecule has 0 atom stereocenters. The van der Waals surface area contributed by atoms with Crippen LogP contribution in [0.3, 0.4) is 0 Å². The Balaban J connectivity index is 1.88. The first-order chi connectivity index (χ1) is 15.9. The number of anilines is 3. The summed E-state index contributed by atoms with van der Waals surface area (Å²) in [6.07, 6.45) is 3.26. The second-order valence-electron chi connectivity index (χ2n) is 7.59. The first-order valence-corrected chi connectivity index (χ1v) is 10.9. The van der Waals surface area contributed by atoms with E-state index in [-0.39, 0.29) is 0 Å². The highest BCUT2D eigenvalue weighted by atomic mass is 79.9. The van der Waals surface area contributed by atoms with Gasteiger partial charge in [0.1, 0.15) is 5.82 Å². The highest BCUT2D eigenvalue weighted by molar-refractivity contribution is 9.10. The number of allylic oxidation sites excluding steroid dienone is 1. The Hall–Kier alpha value is -4.20. The van der Waals surface area contributed by atoms with Crippen molar-refractivity contribution in [2.75, 3.05) is 11.1 Å². The molecule has 1 heterocycles. The van der Waals surface area contributed by atoms with Gasteiger partial charge in [0.15, 0.2) is 0 Å². The van der Waals surface area contributed by atoms with Crippen molar-refractivity contribution < 1.29 is 0 Å². The number of rotatable bonds is 4. The lowest BCUT2D eigenvalue weighted by molar-refractivity contribution is 1.22. The Morgan fingerprint density at radius 2 is 1.70 bits per heavy atom. The molecule has 3 aromatic carbocycles. The maximum Gasteiger partial charge on any atom is 0.229 e. The summed E-state index contributed by atoms with van der Waals surface area (Å²) in [5, 5.41) is 21.8. The highest BCUT2D eigenvalue weighted by Crippen LogP contribution is 2.37. The Labute approximate surface area is 200 Å². The average Bonchev–Trinajstić information content (AvgIpc) is 2.78. The Bertz CT molecular complexity index is 1470. The molecule has 0 bridgehead atoms. The number of aryl methyl sites for hydroxylation is 2. The summed E-state index contributed by atoms with van der Waals surface area (Å²) in [7, 11) is 0. The molecular formula is C26H19BrN6. The van der Waals surface area contributed by atoms with Crippen molar-refractivity contribution in [3.63, 3.8) is 0 Å². The van der Waals surface area contributed by atoms with Crippen LogP contribution in [-0.2, 0) is 0 Å². The van der Waals surface area contributed by atoms with E-state index in [1.54, 1.807) is 30.3 Å². The Kier molecular flexibility index (Phi) is 6.08. The fourth-order valence-corrected chi connectivity index (χ4v) is 4.33. The van der Waals surface area contributed by atoms with Crippen molar-refractivity contribution in [1.82, 2.24) is 9.97 Å². The zero-order chi connectivity index (χ0) is 23.5. The molecule has 160 valence electrons. The summed E-state index contributed by atoms with van der Waals surface area (Å²) < 4.78 is 0.875. The molecule has 4 aromatic rings. The van der Waals surface area contributed by atoms with Gasteiger partial charge in [0, 0.05) is 27.2 Å². The Morgan fingerprint density at radius 1 is 1.00 bits per heavy atom. The quantitative estimate of drug-likeness (QED) is 0.317. The zero-order valence-corrected chi connectivity index (χ0v) is 19.6. The molecule has 0 radical (unpaired) electrons. The third kappa shape index (κ3) is 4.55. The molecule has 0 aliphatic heterocycles. The van der Waals surface area contributed by atoms with Crippen LogP contribution in [0.5, 0.6) is 0 Å². The number of hydrogen-bond donors (Lipinski definition) is 2. The first-order valence-electron chi connectivity index (χ1n) is 10.1. The summed E-state index contributed by atoms with van der Waals surface area (Å²) in [5.74, 6) is 0.736. The fraction of sp³-hybridized carbons (Fsp3) is 0.0769. The Morgan fingerprint density at radius 3 is 2.33 bits per heavy atom. The van der Waals surface area contributed by atoms with E-state index in [1.165, 1.54) is 6.08 Å². The van der Waals surface area contributed by atoms with Crippen molar-refractivity contribution in [2.45, 2.75) is 13.8 Å². The van der Waals surface area contributed by atoms with Crippen LogP contribution in [0.1, 0.15) is 22.3 Å². The van der Waals surface area contributed by atoms with Gasteiger partial charge in [-0.2, -0.15) is 15.5 Å². The van der Waals surface area contributed by atoms with E-state index >= 15 is 0 Å². The van der Waals surface area contributed by atoms with Gasteiger partial charge in [0.25, 0.3) is 0 Å². The molecule has 0 aliphatic rings. The molecule has 0 unspecified atom stereocenters. The number of aromatic nitrogens is 2. The maximum atomic E-state index is 9.01. The van der Waals surface area contributed by atoms with Gasteiger partial charge in [-0.3, -0.25) is 0 Å². The normalized spacial score (nSPS) is 10.8. The molecule has 0 fully saturated rings. The molecule has 3 N–H and O–H groups in total. The standard InChI is InChI=1S/C26H19BrN6/c1-15-10-18(4-3-9-28)11-16(2)23(15)21-12-19(27)13-22-24(21)32-26(33-25(22)30)31-20-7-5-17(14-29)6-8-20/h3-8,10-13H,1-2H3,(H3,30,31,32,33). The summed E-state index contributed by atoms with van der Waals surface area (Å²) in [5.41, 5.74) is 13.5. The van der Waals surface area contributed by atoms with Gasteiger partial charge in [0.05, 0.1) is 23.2 Å². The monoisotopic (exact) mass is 494 g/mol. The van der Waals surface area contributed by atoms with E-state index in [1.807, 2.05) is 44.2 Å². The first kappa shape index (κ1) is 22.0. The van der Waals surface area contributed by atoms with Crippen molar-refractivity contribution in [3.8, 4) is 23.3 Å². The number of nitrogens with zero attached hydrogens (tertiary/aromatic N) is 4. The number of benzene rings is 3. The molecule has 0 saturated heterocycles. The van der Waals surface area contributed by atoms with Gasteiger partial charge in [-0.05, 0) is 78.6 Å². The molecule has 4 rings (SSSR count). The number of fused-ring (bicyclic) bond motifs is 1. The molecule has 7 heteroatoms. The minimum Gasteiger partial charge on any atom is -0.383 e. The molecule has 1 aromatic heterocycles. The van der Waals surface area contributed by atoms with E-state index in [0.29, 0.717) is 17.3 Å². The lowest BCUT2D eigenvalue weighted by atomic mass is 9.92. The molecule has 0 amide bonds. The number of nitrogen functional groups attached to an aromatic ring is 1. The fourth-order valence-electron chi connectivity index (χ4n) is 3.88. The lowest BCUT2D eigenvalue weighted by Gasteiger charge is -2.16. The van der Waals surface area contributed by atoms with E-state index in [4.69, 9.17) is 21.2 Å². The van der Waals surface area contributed by atoms with E-state index < -0.39 is 0 Å². The smallest absolute Gasteiger partial charge is 0.229 e. The van der Waals surface area contributed by atoms with E-state index in [0.717, 1.165) is 48.9 Å². The number of nitrogens with one attached hydrogen (secondary N) is 1. The van der Waals surface area contributed by atoms with Gasteiger partial charge in [-0.15, -0.1) is 0 Å². The van der Waals surface area contributed by atoms with Crippen molar-refractivity contribution in [3.05, 3.63) is 81.3 Å².